The van der Waals surface area contributed by atoms with Gasteiger partial charge in [0, 0.05) is 12.6 Å². The second-order valence-corrected chi connectivity index (χ2v) is 7.22. The lowest BCUT2D eigenvalue weighted by Crippen LogP contribution is -2.44. The first-order chi connectivity index (χ1) is 13.9. The van der Waals surface area contributed by atoms with Gasteiger partial charge in [0.2, 0.25) is 5.91 Å². The van der Waals surface area contributed by atoms with Crippen LogP contribution in [0.4, 0.5) is 0 Å². The lowest BCUT2D eigenvalue weighted by atomic mass is 10.2. The van der Waals surface area contributed by atoms with Gasteiger partial charge in [-0.15, -0.1) is 0 Å². The van der Waals surface area contributed by atoms with Crippen LogP contribution in [0.2, 0.25) is 0 Å². The van der Waals surface area contributed by atoms with E-state index >= 15 is 0 Å². The number of benzene rings is 1. The van der Waals surface area contributed by atoms with E-state index in [9.17, 15) is 14.4 Å². The third-order valence-corrected chi connectivity index (χ3v) is 5.08. The maximum Gasteiger partial charge on any atom is 0.332 e. The summed E-state index contributed by atoms with van der Waals surface area (Å²) in [6, 6.07) is 9.32. The number of amides is 1. The van der Waals surface area contributed by atoms with E-state index in [1.807, 2.05) is 51.1 Å². The predicted octanol–water partition coefficient (Wildman–Crippen LogP) is 1.65. The van der Waals surface area contributed by atoms with Crippen molar-refractivity contribution in [2.45, 2.75) is 59.8 Å². The molecule has 0 aliphatic carbocycles. The lowest BCUT2D eigenvalue weighted by molar-refractivity contribution is -0.122. The van der Waals surface area contributed by atoms with Crippen molar-refractivity contribution >= 4 is 16.9 Å². The van der Waals surface area contributed by atoms with Crippen LogP contribution in [0.5, 0.6) is 0 Å². The van der Waals surface area contributed by atoms with Crippen LogP contribution in [-0.4, -0.2) is 30.9 Å². The third kappa shape index (κ3) is 4.01. The molecule has 0 aliphatic heterocycles. The molecule has 154 valence electrons. The Labute approximate surface area is 168 Å². The van der Waals surface area contributed by atoms with E-state index in [0.717, 1.165) is 12.0 Å². The Morgan fingerprint density at radius 1 is 1.10 bits per heavy atom. The van der Waals surface area contributed by atoms with Crippen molar-refractivity contribution in [2.75, 3.05) is 0 Å². The van der Waals surface area contributed by atoms with Crippen molar-refractivity contribution in [3.05, 3.63) is 62.4 Å². The number of carbonyl (C=O) groups is 1. The second kappa shape index (κ2) is 8.46. The maximum atomic E-state index is 13.3. The summed E-state index contributed by atoms with van der Waals surface area (Å²) in [6.07, 6.45) is 0.788. The lowest BCUT2D eigenvalue weighted by Gasteiger charge is -2.15. The van der Waals surface area contributed by atoms with E-state index in [1.165, 1.54) is 9.13 Å². The number of carbonyl (C=O) groups excluding carboxylic acids is 1. The highest BCUT2D eigenvalue weighted by Crippen LogP contribution is 2.14. The normalized spacial score (nSPS) is 12.3. The molecule has 0 aliphatic rings. The molecule has 0 saturated heterocycles. The zero-order chi connectivity index (χ0) is 21.1. The smallest absolute Gasteiger partial charge is 0.332 e. The summed E-state index contributed by atoms with van der Waals surface area (Å²) in [4.78, 5) is 39.0. The Morgan fingerprint density at radius 2 is 1.79 bits per heavy atom. The largest absolute Gasteiger partial charge is 0.352 e. The summed E-state index contributed by atoms with van der Waals surface area (Å²) in [7, 11) is 0. The standard InChI is InChI=1S/C21H27N5O3/c1-5-14(3)22-17(27)13-24-18-15(4)23-26(6-2)19(18)20(28)25(21(24)29)12-16-10-8-7-9-11-16/h7-11,14H,5-6,12-13H2,1-4H3,(H,22,27)/t14-/m1/s1. The van der Waals surface area contributed by atoms with Gasteiger partial charge >= 0.3 is 5.69 Å². The number of hydrogen-bond acceptors (Lipinski definition) is 4. The molecule has 29 heavy (non-hydrogen) atoms. The first kappa shape index (κ1) is 20.6. The molecule has 0 saturated carbocycles. The van der Waals surface area contributed by atoms with Crippen LogP contribution in [-0.2, 0) is 24.4 Å². The van der Waals surface area contributed by atoms with Gasteiger partial charge in [-0.3, -0.25) is 23.4 Å². The highest BCUT2D eigenvalue weighted by atomic mass is 16.2. The van der Waals surface area contributed by atoms with E-state index in [4.69, 9.17) is 0 Å². The van der Waals surface area contributed by atoms with Gasteiger partial charge in [-0.25, -0.2) is 4.79 Å². The quantitative estimate of drug-likeness (QED) is 0.656. The van der Waals surface area contributed by atoms with Gasteiger partial charge in [0.05, 0.1) is 12.2 Å². The number of fused-ring (bicyclic) bond motifs is 1. The molecule has 0 fully saturated rings. The Kier molecular flexibility index (Phi) is 6.00. The highest BCUT2D eigenvalue weighted by molar-refractivity contribution is 5.81. The number of nitrogens with zero attached hydrogens (tertiary/aromatic N) is 4. The molecule has 0 spiro atoms. The number of rotatable bonds is 7. The molecule has 8 heteroatoms. The SMILES string of the molecule is CC[C@@H](C)NC(=O)Cn1c(=O)n(Cc2ccccc2)c(=O)c2c1c(C)nn2CC. The molecule has 0 unspecified atom stereocenters. The Balaban J connectivity index is 2.20. The molecule has 2 aromatic heterocycles. The fraction of sp³-hybridized carbons (Fsp3) is 0.429. The van der Waals surface area contributed by atoms with Gasteiger partial charge in [-0.2, -0.15) is 5.10 Å². The summed E-state index contributed by atoms with van der Waals surface area (Å²) >= 11 is 0. The van der Waals surface area contributed by atoms with Gasteiger partial charge in [-0.1, -0.05) is 37.3 Å². The minimum absolute atomic E-state index is 0.00313. The minimum Gasteiger partial charge on any atom is -0.352 e. The minimum atomic E-state index is -0.510. The first-order valence-electron chi connectivity index (χ1n) is 9.91. The molecule has 0 radical (unpaired) electrons. The number of aromatic nitrogens is 4. The van der Waals surface area contributed by atoms with E-state index in [2.05, 4.69) is 10.4 Å². The van der Waals surface area contributed by atoms with Gasteiger partial charge in [0.15, 0.2) is 5.52 Å². The van der Waals surface area contributed by atoms with Crippen LogP contribution < -0.4 is 16.6 Å². The van der Waals surface area contributed by atoms with Crippen LogP contribution in [0.15, 0.2) is 39.9 Å². The van der Waals surface area contributed by atoms with E-state index in [0.29, 0.717) is 23.3 Å². The molecule has 2 heterocycles. The molecule has 8 nitrogen and oxygen atoms in total. The predicted molar refractivity (Wildman–Crippen MR) is 112 cm³/mol. The molecule has 3 rings (SSSR count). The zero-order valence-corrected chi connectivity index (χ0v) is 17.3. The summed E-state index contributed by atoms with van der Waals surface area (Å²) in [5.41, 5.74) is 1.25. The van der Waals surface area contributed by atoms with Crippen LogP contribution >= 0.6 is 0 Å². The molecular weight excluding hydrogens is 370 g/mol. The van der Waals surface area contributed by atoms with Crippen molar-refractivity contribution < 1.29 is 4.79 Å². The van der Waals surface area contributed by atoms with Gasteiger partial charge < -0.3 is 5.32 Å². The number of aryl methyl sites for hydroxylation is 2. The molecule has 1 amide bonds. The molecule has 3 aromatic rings. The molecular formula is C21H27N5O3. The molecule has 1 atom stereocenters. The van der Waals surface area contributed by atoms with Crippen LogP contribution in [0.1, 0.15) is 38.4 Å². The number of hydrogen-bond donors (Lipinski definition) is 1. The van der Waals surface area contributed by atoms with E-state index < -0.39 is 11.2 Å². The van der Waals surface area contributed by atoms with Crippen molar-refractivity contribution in [1.29, 1.82) is 0 Å². The van der Waals surface area contributed by atoms with Gasteiger partial charge in [0.25, 0.3) is 5.56 Å². The topological polar surface area (TPSA) is 90.9 Å². The molecule has 0 bridgehead atoms. The summed E-state index contributed by atoms with van der Waals surface area (Å²) < 4.78 is 4.14. The summed E-state index contributed by atoms with van der Waals surface area (Å²) in [6.45, 7) is 7.98. The van der Waals surface area contributed by atoms with E-state index in [-0.39, 0.29) is 25.0 Å². The summed E-state index contributed by atoms with van der Waals surface area (Å²) in [5, 5.41) is 7.30. The summed E-state index contributed by atoms with van der Waals surface area (Å²) in [5.74, 6) is -0.267. The maximum absolute atomic E-state index is 13.3. The van der Waals surface area contributed by atoms with Crippen LogP contribution in [0, 0.1) is 6.92 Å². The van der Waals surface area contributed by atoms with Crippen LogP contribution in [0.3, 0.4) is 0 Å². The van der Waals surface area contributed by atoms with Crippen LogP contribution in [0.25, 0.3) is 11.0 Å². The Morgan fingerprint density at radius 3 is 2.41 bits per heavy atom. The molecule has 1 N–H and O–H groups in total. The van der Waals surface area contributed by atoms with Gasteiger partial charge in [0.1, 0.15) is 12.1 Å². The van der Waals surface area contributed by atoms with Crippen molar-refractivity contribution in [2.24, 2.45) is 0 Å². The Hall–Kier alpha value is -3.16. The monoisotopic (exact) mass is 397 g/mol. The molecule has 1 aromatic carbocycles. The average Bonchev–Trinajstić information content (AvgIpc) is 3.05. The number of nitrogens with one attached hydrogen (secondary N) is 1. The van der Waals surface area contributed by atoms with Crippen molar-refractivity contribution in [1.82, 2.24) is 24.2 Å². The first-order valence-corrected chi connectivity index (χ1v) is 9.91. The fourth-order valence-electron chi connectivity index (χ4n) is 3.41. The van der Waals surface area contributed by atoms with Gasteiger partial charge in [-0.05, 0) is 32.8 Å². The van der Waals surface area contributed by atoms with E-state index in [1.54, 1.807) is 11.6 Å². The zero-order valence-electron chi connectivity index (χ0n) is 17.3. The fourth-order valence-corrected chi connectivity index (χ4v) is 3.41. The van der Waals surface area contributed by atoms with Crippen molar-refractivity contribution in [3.63, 3.8) is 0 Å². The second-order valence-electron chi connectivity index (χ2n) is 7.22. The highest BCUT2D eigenvalue weighted by Gasteiger charge is 2.21. The third-order valence-electron chi connectivity index (χ3n) is 5.08. The van der Waals surface area contributed by atoms with Crippen molar-refractivity contribution in [3.8, 4) is 0 Å². The average molecular weight is 397 g/mol. The Bertz CT molecular complexity index is 1140.